The molecule has 2 nitrogen and oxygen atoms in total. The molecule has 0 aliphatic heterocycles. The van der Waals surface area contributed by atoms with Gasteiger partial charge in [-0.05, 0) is 34.7 Å². The van der Waals surface area contributed by atoms with E-state index in [2.05, 4.69) is 38.2 Å². The molecule has 0 spiro atoms. The van der Waals surface area contributed by atoms with E-state index < -0.39 is 0 Å². The molecule has 2 heterocycles. The first-order valence-electron chi connectivity index (χ1n) is 3.45. The number of pyridine rings is 1. The zero-order valence-corrected chi connectivity index (χ0v) is 9.30. The highest BCUT2D eigenvalue weighted by Crippen LogP contribution is 2.21. The summed E-state index contributed by atoms with van der Waals surface area (Å²) in [5.74, 6) is 0. The third-order valence-electron chi connectivity index (χ3n) is 1.83. The Balaban J connectivity index is 2.88. The van der Waals surface area contributed by atoms with Gasteiger partial charge in [-0.15, -0.1) is 0 Å². The van der Waals surface area contributed by atoms with Crippen LogP contribution in [0.2, 0.25) is 5.15 Å². The zero-order chi connectivity index (χ0) is 8.72. The van der Waals surface area contributed by atoms with Crippen LogP contribution in [0.25, 0.3) is 10.9 Å². The van der Waals surface area contributed by atoms with E-state index in [0.717, 1.165) is 10.9 Å². The summed E-state index contributed by atoms with van der Waals surface area (Å²) in [4.78, 5) is 4.01. The maximum atomic E-state index is 5.77. The molecule has 62 valence electrons. The van der Waals surface area contributed by atoms with Crippen LogP contribution in [0.3, 0.4) is 0 Å². The molecule has 2 rings (SSSR count). The molecule has 0 fully saturated rings. The number of halogens is 2. The molecule has 0 amide bonds. The van der Waals surface area contributed by atoms with E-state index in [-0.39, 0.29) is 0 Å². The number of fused-ring (bicyclic) bond motifs is 1. The van der Waals surface area contributed by atoms with E-state index in [1.165, 1.54) is 3.70 Å². The number of nitrogens with zero attached hydrogens (tertiary/aromatic N) is 2. The normalized spacial score (nSPS) is 10.9. The number of aryl methyl sites for hydroxylation is 1. The van der Waals surface area contributed by atoms with E-state index in [4.69, 9.17) is 11.6 Å². The highest BCUT2D eigenvalue weighted by Gasteiger charge is 2.03. The van der Waals surface area contributed by atoms with Crippen LogP contribution in [-0.2, 0) is 7.05 Å². The van der Waals surface area contributed by atoms with Crippen LogP contribution < -0.4 is 0 Å². The first-order valence-corrected chi connectivity index (χ1v) is 4.90. The van der Waals surface area contributed by atoms with Gasteiger partial charge in [-0.25, -0.2) is 4.98 Å². The number of aromatic nitrogens is 2. The average molecular weight is 293 g/mol. The molecule has 0 unspecified atom stereocenters. The molecule has 0 saturated heterocycles. The van der Waals surface area contributed by atoms with E-state index >= 15 is 0 Å². The zero-order valence-electron chi connectivity index (χ0n) is 6.38. The maximum Gasteiger partial charge on any atom is 0.131 e. The molecule has 0 N–H and O–H groups in total. The molecular formula is C8H6ClIN2. The van der Waals surface area contributed by atoms with Gasteiger partial charge in [0.15, 0.2) is 0 Å². The summed E-state index contributed by atoms with van der Waals surface area (Å²) in [5, 5.41) is 1.67. The van der Waals surface area contributed by atoms with Gasteiger partial charge in [-0.2, -0.15) is 0 Å². The third kappa shape index (κ3) is 1.21. The molecule has 0 saturated carbocycles. The summed E-state index contributed by atoms with van der Waals surface area (Å²) < 4.78 is 3.27. The van der Waals surface area contributed by atoms with Crippen LogP contribution >= 0.6 is 34.2 Å². The van der Waals surface area contributed by atoms with Gasteiger partial charge in [0, 0.05) is 18.6 Å². The standard InChI is InChI=1S/C8H6ClIN2/c1-12-6-3-7(9)11-4-5(6)2-8(12)10/h2-4H,1H3. The number of rotatable bonds is 0. The Labute approximate surface area is 88.7 Å². The fourth-order valence-corrected chi connectivity index (χ4v) is 1.92. The molecule has 0 aliphatic rings. The third-order valence-corrected chi connectivity index (χ3v) is 3.08. The molecule has 0 radical (unpaired) electrons. The lowest BCUT2D eigenvalue weighted by atomic mass is 10.3. The first kappa shape index (κ1) is 8.31. The quantitative estimate of drug-likeness (QED) is 0.539. The van der Waals surface area contributed by atoms with Crippen LogP contribution in [0.5, 0.6) is 0 Å². The fourth-order valence-electron chi connectivity index (χ4n) is 1.17. The Morgan fingerprint density at radius 1 is 1.50 bits per heavy atom. The van der Waals surface area contributed by atoms with E-state index in [0.29, 0.717) is 5.15 Å². The van der Waals surface area contributed by atoms with Gasteiger partial charge < -0.3 is 4.57 Å². The van der Waals surface area contributed by atoms with Gasteiger partial charge in [0.2, 0.25) is 0 Å². The molecule has 4 heteroatoms. The van der Waals surface area contributed by atoms with Crippen molar-refractivity contribution >= 4 is 45.1 Å². The molecule has 12 heavy (non-hydrogen) atoms. The SMILES string of the molecule is Cn1c(I)cc2cnc(Cl)cc21. The van der Waals surface area contributed by atoms with E-state index in [1.807, 2.05) is 13.1 Å². The van der Waals surface area contributed by atoms with Gasteiger partial charge in [-0.3, -0.25) is 0 Å². The Bertz CT molecular complexity index is 436. The minimum atomic E-state index is 0.542. The summed E-state index contributed by atoms with van der Waals surface area (Å²) in [5.41, 5.74) is 1.12. The maximum absolute atomic E-state index is 5.77. The highest BCUT2D eigenvalue weighted by molar-refractivity contribution is 14.1. The van der Waals surface area contributed by atoms with Crippen molar-refractivity contribution in [3.05, 3.63) is 27.2 Å². The first-order chi connectivity index (χ1) is 5.68. The van der Waals surface area contributed by atoms with Crippen molar-refractivity contribution in [1.29, 1.82) is 0 Å². The average Bonchev–Trinajstić information content (AvgIpc) is 2.31. The number of hydrogen-bond donors (Lipinski definition) is 0. The van der Waals surface area contributed by atoms with Crippen molar-refractivity contribution in [2.24, 2.45) is 7.05 Å². The van der Waals surface area contributed by atoms with E-state index in [1.54, 1.807) is 6.20 Å². The summed E-state index contributed by atoms with van der Waals surface area (Å²) in [7, 11) is 2.01. The van der Waals surface area contributed by atoms with Crippen molar-refractivity contribution in [2.45, 2.75) is 0 Å². The lowest BCUT2D eigenvalue weighted by molar-refractivity contribution is 0.937. The van der Waals surface area contributed by atoms with Crippen LogP contribution in [0, 0.1) is 3.70 Å². The van der Waals surface area contributed by atoms with Crippen LogP contribution in [0.1, 0.15) is 0 Å². The van der Waals surface area contributed by atoms with Crippen molar-refractivity contribution in [2.75, 3.05) is 0 Å². The van der Waals surface area contributed by atoms with Gasteiger partial charge in [0.25, 0.3) is 0 Å². The largest absolute Gasteiger partial charge is 0.339 e. The second-order valence-electron chi connectivity index (χ2n) is 2.59. The Hall–Kier alpha value is -0.290. The molecule has 0 aromatic carbocycles. The minimum Gasteiger partial charge on any atom is -0.339 e. The molecule has 2 aromatic heterocycles. The van der Waals surface area contributed by atoms with Crippen LogP contribution in [0.15, 0.2) is 18.3 Å². The molecule has 0 aliphatic carbocycles. The van der Waals surface area contributed by atoms with Gasteiger partial charge in [0.05, 0.1) is 9.22 Å². The fraction of sp³-hybridized carbons (Fsp3) is 0.125. The second kappa shape index (κ2) is 2.88. The summed E-state index contributed by atoms with van der Waals surface area (Å²) in [6.07, 6.45) is 1.79. The predicted molar refractivity (Wildman–Crippen MR) is 58.4 cm³/mol. The predicted octanol–water partition coefficient (Wildman–Crippen LogP) is 2.83. The van der Waals surface area contributed by atoms with Gasteiger partial charge in [-0.1, -0.05) is 11.6 Å². The van der Waals surface area contributed by atoms with Crippen molar-refractivity contribution in [1.82, 2.24) is 9.55 Å². The van der Waals surface area contributed by atoms with Gasteiger partial charge in [0.1, 0.15) is 5.15 Å². The summed E-state index contributed by atoms with van der Waals surface area (Å²) in [6.45, 7) is 0. The highest BCUT2D eigenvalue weighted by atomic mass is 127. The minimum absolute atomic E-state index is 0.542. The van der Waals surface area contributed by atoms with Crippen molar-refractivity contribution in [3.63, 3.8) is 0 Å². The molecule has 2 aromatic rings. The summed E-state index contributed by atoms with van der Waals surface area (Å²) in [6, 6.07) is 3.96. The lowest BCUT2D eigenvalue weighted by Crippen LogP contribution is -1.89. The Morgan fingerprint density at radius 3 is 3.00 bits per heavy atom. The topological polar surface area (TPSA) is 17.8 Å². The van der Waals surface area contributed by atoms with Crippen molar-refractivity contribution in [3.8, 4) is 0 Å². The lowest BCUT2D eigenvalue weighted by Gasteiger charge is -1.96. The Kier molecular flexibility index (Phi) is 2.00. The summed E-state index contributed by atoms with van der Waals surface area (Å²) >= 11 is 8.05. The van der Waals surface area contributed by atoms with Gasteiger partial charge >= 0.3 is 0 Å². The van der Waals surface area contributed by atoms with E-state index in [9.17, 15) is 0 Å². The van der Waals surface area contributed by atoms with Crippen LogP contribution in [-0.4, -0.2) is 9.55 Å². The number of hydrogen-bond acceptors (Lipinski definition) is 1. The van der Waals surface area contributed by atoms with Crippen LogP contribution in [0.4, 0.5) is 0 Å². The molecular weight excluding hydrogens is 286 g/mol. The Morgan fingerprint density at radius 2 is 2.25 bits per heavy atom. The second-order valence-corrected chi connectivity index (χ2v) is 4.08. The molecule has 0 atom stereocenters. The molecule has 0 bridgehead atoms. The monoisotopic (exact) mass is 292 g/mol. The smallest absolute Gasteiger partial charge is 0.131 e. The van der Waals surface area contributed by atoms with Crippen molar-refractivity contribution < 1.29 is 0 Å².